The van der Waals surface area contributed by atoms with E-state index < -0.39 is 37.0 Å². The molecule has 0 aromatic heterocycles. The Hall–Kier alpha value is -0.242. The van der Waals surface area contributed by atoms with Crippen LogP contribution in [0.2, 0.25) is 19.6 Å². The molecule has 0 unspecified atom stereocenters. The maximum absolute atomic E-state index is 12.1. The minimum atomic E-state index is -1.51. The molecule has 3 nitrogen and oxygen atoms in total. The molecule has 26 heavy (non-hydrogen) atoms. The van der Waals surface area contributed by atoms with Gasteiger partial charge in [0, 0.05) is 0 Å². The first kappa shape index (κ1) is 22.1. The van der Waals surface area contributed by atoms with Crippen molar-refractivity contribution in [3.8, 4) is 0 Å². The summed E-state index contributed by atoms with van der Waals surface area (Å²) in [7, 11) is -1.91. The average molecular weight is 459 g/mol. The van der Waals surface area contributed by atoms with Crippen molar-refractivity contribution in [2.45, 2.75) is 19.6 Å². The first-order valence-electron chi connectivity index (χ1n) is 8.24. The molecule has 0 atom stereocenters. The first-order valence-corrected chi connectivity index (χ1v) is 14.9. The second kappa shape index (κ2) is 8.41. The SMILES string of the molecule is C[Si](C)(C)OCO[CH2][Ti+2][C]1=C2C(=CC(=O)C3=C2[SiH2]3)c2ccccc21.[Cl-].[Cl-]. The van der Waals surface area contributed by atoms with Crippen LogP contribution in [0.1, 0.15) is 11.1 Å². The Morgan fingerprint density at radius 2 is 1.77 bits per heavy atom. The number of ketones is 1. The number of carbonyl (C=O) groups excluding carboxylic acids is 1. The van der Waals surface area contributed by atoms with Crippen LogP contribution in [0, 0.1) is 0 Å². The van der Waals surface area contributed by atoms with Gasteiger partial charge in [0.2, 0.25) is 0 Å². The van der Waals surface area contributed by atoms with Gasteiger partial charge >= 0.3 is 155 Å². The fourth-order valence-electron chi connectivity index (χ4n) is 3.20. The molecule has 0 radical (unpaired) electrons. The zero-order valence-corrected chi connectivity index (χ0v) is 20.5. The van der Waals surface area contributed by atoms with Gasteiger partial charge in [-0.25, -0.2) is 0 Å². The molecule has 1 aliphatic heterocycles. The fourth-order valence-corrected chi connectivity index (χ4v) is 7.22. The average Bonchev–Trinajstić information content (AvgIpc) is 3.27. The van der Waals surface area contributed by atoms with Crippen LogP contribution >= 0.6 is 0 Å². The van der Waals surface area contributed by atoms with Crippen molar-refractivity contribution >= 4 is 33.1 Å². The minimum absolute atomic E-state index is 0. The van der Waals surface area contributed by atoms with Gasteiger partial charge in [-0.15, -0.1) is 0 Å². The van der Waals surface area contributed by atoms with Crippen LogP contribution in [0.3, 0.4) is 0 Å². The quantitative estimate of drug-likeness (QED) is 0.254. The maximum atomic E-state index is 12.1. The summed E-state index contributed by atoms with van der Waals surface area (Å²) in [5.41, 5.74) is 5.16. The van der Waals surface area contributed by atoms with Gasteiger partial charge < -0.3 is 24.8 Å². The van der Waals surface area contributed by atoms with E-state index in [0.29, 0.717) is 6.79 Å². The van der Waals surface area contributed by atoms with Crippen LogP contribution in [0.5, 0.6) is 0 Å². The topological polar surface area (TPSA) is 35.5 Å². The predicted molar refractivity (Wildman–Crippen MR) is 97.2 cm³/mol. The van der Waals surface area contributed by atoms with Crippen molar-refractivity contribution in [1.29, 1.82) is 0 Å². The summed E-state index contributed by atoms with van der Waals surface area (Å²) < 4.78 is 13.0. The number of fused-ring (bicyclic) bond motifs is 4. The zero-order chi connectivity index (χ0) is 16.9. The summed E-state index contributed by atoms with van der Waals surface area (Å²) in [4.78, 5) is 12.9. The van der Waals surface area contributed by atoms with Gasteiger partial charge in [-0.2, -0.15) is 0 Å². The largest absolute Gasteiger partial charge is 1.00 e. The van der Waals surface area contributed by atoms with Gasteiger partial charge in [0.25, 0.3) is 0 Å². The van der Waals surface area contributed by atoms with Gasteiger partial charge in [-0.05, 0) is 0 Å². The molecule has 1 heterocycles. The zero-order valence-electron chi connectivity index (χ0n) is 15.0. The Labute approximate surface area is 179 Å². The van der Waals surface area contributed by atoms with Crippen LogP contribution in [0.25, 0.3) is 9.45 Å². The Morgan fingerprint density at radius 3 is 2.46 bits per heavy atom. The molecule has 0 spiro atoms. The second-order valence-corrected chi connectivity index (χ2v) is 15.3. The van der Waals surface area contributed by atoms with Crippen molar-refractivity contribution in [3.63, 3.8) is 0 Å². The molecule has 0 bridgehead atoms. The number of allylic oxidation sites excluding steroid dienone is 5. The summed E-state index contributed by atoms with van der Waals surface area (Å²) in [6, 6.07) is 8.52. The van der Waals surface area contributed by atoms with E-state index in [1.807, 2.05) is 6.08 Å². The van der Waals surface area contributed by atoms with E-state index in [2.05, 4.69) is 43.9 Å². The molecule has 0 fully saturated rings. The maximum Gasteiger partial charge on any atom is -1.00 e. The van der Waals surface area contributed by atoms with Crippen LogP contribution in [-0.4, -0.2) is 35.3 Å². The smallest absolute Gasteiger partial charge is 1.00 e. The van der Waals surface area contributed by atoms with Gasteiger partial charge in [0.05, 0.1) is 0 Å². The fraction of sp³-hybridized carbons (Fsp3) is 0.278. The van der Waals surface area contributed by atoms with Gasteiger partial charge in [0.15, 0.2) is 0 Å². The molecule has 0 amide bonds. The van der Waals surface area contributed by atoms with Crippen LogP contribution in [-0.2, 0) is 33.1 Å². The summed E-state index contributed by atoms with van der Waals surface area (Å²) in [6.07, 6.45) is 1.88. The van der Waals surface area contributed by atoms with Crippen molar-refractivity contribution in [1.82, 2.24) is 0 Å². The summed E-state index contributed by atoms with van der Waals surface area (Å²) in [5, 5.41) is 2.58. The van der Waals surface area contributed by atoms with E-state index in [1.54, 1.807) is 0 Å². The Bertz CT molecular complexity index is 841. The van der Waals surface area contributed by atoms with Crippen molar-refractivity contribution in [3.05, 3.63) is 57.4 Å². The number of carbonyl (C=O) groups is 1. The van der Waals surface area contributed by atoms with Crippen LogP contribution in [0.15, 0.2) is 46.3 Å². The molecule has 0 saturated heterocycles. The van der Waals surface area contributed by atoms with Crippen molar-refractivity contribution < 1.29 is 57.9 Å². The second-order valence-electron chi connectivity index (χ2n) is 7.25. The Kier molecular flexibility index (Phi) is 7.13. The van der Waals surface area contributed by atoms with E-state index in [0.717, 1.165) is 10.1 Å². The molecule has 136 valence electrons. The third-order valence-corrected chi connectivity index (χ3v) is 9.05. The first-order chi connectivity index (χ1) is 11.5. The Morgan fingerprint density at radius 1 is 1.08 bits per heavy atom. The molecular weight excluding hydrogens is 439 g/mol. The van der Waals surface area contributed by atoms with E-state index in [1.165, 1.54) is 31.3 Å². The molecule has 3 aliphatic rings. The number of rotatable bonds is 6. The standard InChI is InChI=1S/C13H7OSi.C5H13O2Si.2ClH.Ti/c14-11-6-9-8-4-2-1-3-7(8)5-10(9)12-13(11)15-12;1-6-5-7-8(2,3)4;;;/h1-4,6H,15H2;1,5H2,2-4H3;2*1H;/q;;;;+2/p-2. The molecule has 8 heteroatoms. The molecule has 0 saturated carbocycles. The molecular formula is C18H20Cl2O3Si2Ti. The van der Waals surface area contributed by atoms with E-state index in [-0.39, 0.29) is 30.6 Å². The number of hydrogen-bond donors (Lipinski definition) is 0. The number of benzene rings is 1. The van der Waals surface area contributed by atoms with Gasteiger partial charge in [0.1, 0.15) is 0 Å². The Balaban J connectivity index is 0.00000121. The van der Waals surface area contributed by atoms with E-state index in [4.69, 9.17) is 9.16 Å². The minimum Gasteiger partial charge on any atom is -1.00 e. The molecule has 1 aromatic rings. The third-order valence-electron chi connectivity index (χ3n) is 4.40. The van der Waals surface area contributed by atoms with Crippen molar-refractivity contribution in [2.24, 2.45) is 0 Å². The number of halogens is 2. The number of ether oxygens (including phenoxy) is 1. The van der Waals surface area contributed by atoms with E-state index in [9.17, 15) is 4.79 Å². The normalized spacial score (nSPS) is 17.7. The monoisotopic (exact) mass is 458 g/mol. The molecule has 1 aromatic carbocycles. The number of hydrogen-bond acceptors (Lipinski definition) is 3. The summed E-state index contributed by atoms with van der Waals surface area (Å²) >= 11 is -0.402. The third kappa shape index (κ3) is 4.26. The van der Waals surface area contributed by atoms with Gasteiger partial charge in [-0.3, -0.25) is 0 Å². The van der Waals surface area contributed by atoms with Gasteiger partial charge in [-0.1, -0.05) is 0 Å². The molecule has 4 rings (SSSR count). The molecule has 2 aliphatic carbocycles. The predicted octanol–water partition coefficient (Wildman–Crippen LogP) is -3.35. The summed E-state index contributed by atoms with van der Waals surface area (Å²) in [6.45, 7) is 6.93. The van der Waals surface area contributed by atoms with Crippen LogP contribution in [0.4, 0.5) is 0 Å². The van der Waals surface area contributed by atoms with E-state index >= 15 is 0 Å². The van der Waals surface area contributed by atoms with Crippen LogP contribution < -0.4 is 24.8 Å². The van der Waals surface area contributed by atoms with Crippen molar-refractivity contribution in [2.75, 3.05) is 11.7 Å². The summed E-state index contributed by atoms with van der Waals surface area (Å²) in [5.74, 6) is 0.270. The molecule has 0 N–H and O–H groups in total.